The van der Waals surface area contributed by atoms with Gasteiger partial charge in [-0.05, 0) is 92.5 Å². The molecule has 0 spiro atoms. The second kappa shape index (κ2) is 17.2. The number of aromatic nitrogens is 4. The Hall–Kier alpha value is -7.53. The molecule has 0 radical (unpaired) electrons. The van der Waals surface area contributed by atoms with E-state index in [4.69, 9.17) is 25.1 Å². The fraction of sp³-hybridized carbons (Fsp3) is 0.143. The average molecular weight is 1100 g/mol. The summed E-state index contributed by atoms with van der Waals surface area (Å²) in [6.45, 7) is 10.8. The Labute approximate surface area is 433 Å². The monoisotopic (exact) mass is 1100 g/mol. The third-order valence-electron chi connectivity index (χ3n) is 12.9. The molecule has 0 bridgehead atoms. The Morgan fingerprint density at radius 3 is 2.19 bits per heavy atom. The molecule has 4 aromatic heterocycles. The fourth-order valence-corrected chi connectivity index (χ4v) is 9.46. The SMILES string of the molecule is [2H]c1c([2H])c([2H])c(-c2cnc(-n3c4[c-]c(Oc5[c-]c(-n6[c-][n+](-c7c(-c8ccc9oc%10ccccc%10c9c8)cc(C(C)(C)C)cc7C(C)(C)C)c7ccccc76)ccc5)ccc4c4ccccc43)cc2C([2H])([2H])[2H])c([2H])c1[2H].[Pt]. The molecule has 0 saturated carbocycles. The number of para-hydroxylation sites is 4. The van der Waals surface area contributed by atoms with Crippen molar-refractivity contribution < 1.29 is 45.8 Å². The van der Waals surface area contributed by atoms with Crippen LogP contribution < -0.4 is 9.30 Å². The van der Waals surface area contributed by atoms with E-state index >= 15 is 0 Å². The van der Waals surface area contributed by atoms with Crippen molar-refractivity contribution in [1.82, 2.24) is 14.1 Å². The van der Waals surface area contributed by atoms with E-state index in [9.17, 15) is 0 Å². The molecule has 6 nitrogen and oxygen atoms in total. The number of furan rings is 1. The number of rotatable bonds is 7. The minimum absolute atomic E-state index is 0. The van der Waals surface area contributed by atoms with Gasteiger partial charge in [-0.2, -0.15) is 18.2 Å². The summed E-state index contributed by atoms with van der Waals surface area (Å²) >= 11 is 0. The zero-order valence-electron chi connectivity index (χ0n) is 47.3. The van der Waals surface area contributed by atoms with E-state index in [1.165, 1.54) is 23.4 Å². The standard InChI is InChI=1S/C63H50N4O2.Pt/c1-40-32-60(64-38-52(40)41-18-9-8-10-19-41)67-54-24-13-11-22-47(54)48-30-29-46(37-57(48)67)68-45-21-17-20-44(36-45)65-39-66(56-26-15-14-25-55(56)65)61-50(34-43(62(2,3)4)35-53(61)63(5,6)7)42-28-31-59-51(33-42)49-23-12-16-27-58(49)69-59;/h8-35,38H,1-7H3;/q-2;/i1D3,8D,9D,10D,18D,19D;. The predicted molar refractivity (Wildman–Crippen MR) is 280 cm³/mol. The Morgan fingerprint density at radius 2 is 1.39 bits per heavy atom. The van der Waals surface area contributed by atoms with Gasteiger partial charge in [0.25, 0.3) is 6.33 Å². The van der Waals surface area contributed by atoms with Gasteiger partial charge in [0.1, 0.15) is 17.0 Å². The molecule has 0 N–H and O–H groups in total. The molecule has 7 heteroatoms. The third-order valence-corrected chi connectivity index (χ3v) is 12.9. The molecule has 0 amide bonds. The van der Waals surface area contributed by atoms with Gasteiger partial charge < -0.3 is 18.3 Å². The van der Waals surface area contributed by atoms with Crippen molar-refractivity contribution in [3.05, 3.63) is 211 Å². The van der Waals surface area contributed by atoms with Gasteiger partial charge in [0.2, 0.25) is 0 Å². The summed E-state index contributed by atoms with van der Waals surface area (Å²) in [4.78, 5) is 4.72. The first-order chi connectivity index (χ1) is 36.7. The molecule has 0 aliphatic carbocycles. The van der Waals surface area contributed by atoms with Gasteiger partial charge in [0, 0.05) is 64.7 Å². The average Bonchev–Trinajstić information content (AvgIpc) is 4.27. The first kappa shape index (κ1) is 36.5. The number of fused-ring (bicyclic) bond motifs is 7. The zero-order chi connectivity index (χ0) is 54.0. The Bertz CT molecular complexity index is 4380. The summed E-state index contributed by atoms with van der Waals surface area (Å²) < 4.78 is 86.6. The number of nitrogens with zero attached hydrogens (tertiary/aromatic N) is 4. The summed E-state index contributed by atoms with van der Waals surface area (Å²) in [7, 11) is 0. The fourth-order valence-electron chi connectivity index (χ4n) is 9.46. The van der Waals surface area contributed by atoms with Crippen molar-refractivity contribution in [3.8, 4) is 50.9 Å². The van der Waals surface area contributed by atoms with E-state index in [1.54, 1.807) is 4.57 Å². The van der Waals surface area contributed by atoms with Crippen LogP contribution in [0.5, 0.6) is 11.5 Å². The summed E-state index contributed by atoms with van der Waals surface area (Å²) in [5.41, 5.74) is 10.0. The summed E-state index contributed by atoms with van der Waals surface area (Å²) in [6, 6.07) is 50.3. The van der Waals surface area contributed by atoms with Gasteiger partial charge in [-0.15, -0.1) is 29.7 Å². The first-order valence-electron chi connectivity index (χ1n) is 27.0. The van der Waals surface area contributed by atoms with Crippen molar-refractivity contribution in [3.63, 3.8) is 0 Å². The van der Waals surface area contributed by atoms with Crippen LogP contribution in [0.3, 0.4) is 0 Å². The van der Waals surface area contributed by atoms with Crippen molar-refractivity contribution in [2.24, 2.45) is 0 Å². The van der Waals surface area contributed by atoms with Crippen LogP contribution in [0.2, 0.25) is 0 Å². The maximum atomic E-state index is 8.64. The molecule has 12 rings (SSSR count). The smallest absolute Gasteiger partial charge is 0.268 e. The molecule has 346 valence electrons. The van der Waals surface area contributed by atoms with E-state index in [0.717, 1.165) is 60.6 Å². The van der Waals surface area contributed by atoms with Crippen molar-refractivity contribution >= 4 is 54.8 Å². The quantitative estimate of drug-likeness (QED) is 0.118. The molecule has 4 heterocycles. The van der Waals surface area contributed by atoms with Crippen molar-refractivity contribution in [2.75, 3.05) is 0 Å². The number of benzene rings is 8. The van der Waals surface area contributed by atoms with Gasteiger partial charge in [-0.1, -0.05) is 156 Å². The molecule has 12 aromatic rings. The topological polar surface area (TPSA) is 49.0 Å². The van der Waals surface area contributed by atoms with Crippen LogP contribution in [0.15, 0.2) is 180 Å². The van der Waals surface area contributed by atoms with Gasteiger partial charge in [0.05, 0.1) is 23.6 Å². The number of pyridine rings is 1. The predicted octanol–water partition coefficient (Wildman–Crippen LogP) is 15.7. The Balaban J connectivity index is 0.00000645. The van der Waals surface area contributed by atoms with Crippen LogP contribution in [0, 0.1) is 25.3 Å². The molecular weight excluding hydrogens is 1040 g/mol. The molecular formula is C63H50N4O2Pt-2. The van der Waals surface area contributed by atoms with Gasteiger partial charge in [0.15, 0.2) is 0 Å². The van der Waals surface area contributed by atoms with Crippen LogP contribution in [0.4, 0.5) is 0 Å². The summed E-state index contributed by atoms with van der Waals surface area (Å²) in [6.07, 6.45) is 5.06. The van der Waals surface area contributed by atoms with E-state index in [0.29, 0.717) is 28.2 Å². The van der Waals surface area contributed by atoms with E-state index in [1.807, 2.05) is 89.5 Å². The Morgan fingerprint density at radius 1 is 0.643 bits per heavy atom. The van der Waals surface area contributed by atoms with Gasteiger partial charge in [-0.3, -0.25) is 4.57 Å². The number of hydrogen-bond acceptors (Lipinski definition) is 3. The number of hydrogen-bond donors (Lipinski definition) is 0. The number of aryl methyl sites for hydroxylation is 1. The molecule has 0 aliphatic heterocycles. The van der Waals surface area contributed by atoms with Gasteiger partial charge in [-0.25, -0.2) is 4.98 Å². The Kier molecular flexibility index (Phi) is 8.93. The van der Waals surface area contributed by atoms with Crippen LogP contribution in [-0.2, 0) is 31.9 Å². The summed E-state index contributed by atoms with van der Waals surface area (Å²) in [5.74, 6) is 1.000. The molecule has 0 fully saturated rings. The maximum Gasteiger partial charge on any atom is 0.268 e. The molecule has 0 saturated heterocycles. The van der Waals surface area contributed by atoms with Gasteiger partial charge >= 0.3 is 0 Å². The molecule has 0 aliphatic rings. The van der Waals surface area contributed by atoms with Crippen molar-refractivity contribution in [1.29, 1.82) is 0 Å². The van der Waals surface area contributed by atoms with E-state index in [2.05, 4.69) is 113 Å². The first-order valence-corrected chi connectivity index (χ1v) is 23.0. The second-order valence-electron chi connectivity index (χ2n) is 19.5. The van der Waals surface area contributed by atoms with Crippen molar-refractivity contribution in [2.45, 2.75) is 59.2 Å². The van der Waals surface area contributed by atoms with E-state index in [-0.39, 0.29) is 54.4 Å². The maximum absolute atomic E-state index is 8.64. The molecule has 70 heavy (non-hydrogen) atoms. The third kappa shape index (κ3) is 7.72. The normalized spacial score (nSPS) is 13.9. The molecule has 0 unspecified atom stereocenters. The molecule has 0 atom stereocenters. The number of ether oxygens (including phenoxy) is 1. The summed E-state index contributed by atoms with van der Waals surface area (Å²) in [5, 5.41) is 3.77. The second-order valence-corrected chi connectivity index (χ2v) is 19.5. The van der Waals surface area contributed by atoms with Crippen LogP contribution in [0.25, 0.3) is 94.2 Å². The largest absolute Gasteiger partial charge is 0.510 e. The van der Waals surface area contributed by atoms with Crippen LogP contribution in [0.1, 0.15) is 69.2 Å². The van der Waals surface area contributed by atoms with E-state index < -0.39 is 37.1 Å². The number of imidazole rings is 1. The van der Waals surface area contributed by atoms with Crippen LogP contribution in [-0.4, -0.2) is 14.1 Å². The van der Waals surface area contributed by atoms with Crippen LogP contribution >= 0.6 is 0 Å². The zero-order valence-corrected chi connectivity index (χ0v) is 41.6. The minimum atomic E-state index is -2.76. The molecule has 8 aromatic carbocycles. The minimum Gasteiger partial charge on any atom is -0.510 e.